The smallest absolute Gasteiger partial charge is 0.255 e. The monoisotopic (exact) mass is 350 g/mol. The van der Waals surface area contributed by atoms with Crippen molar-refractivity contribution in [3.8, 4) is 11.6 Å². The van der Waals surface area contributed by atoms with E-state index in [1.165, 1.54) is 0 Å². The molecule has 2 aromatic heterocycles. The number of nitrogens with one attached hydrogen (secondary N) is 1. The number of ether oxygens (including phenoxy) is 1. The molecule has 0 bridgehead atoms. The fraction of sp³-hybridized carbons (Fsp3) is 0.250. The summed E-state index contributed by atoms with van der Waals surface area (Å²) in [5.41, 5.74) is 3.99. The van der Waals surface area contributed by atoms with Gasteiger partial charge in [-0.2, -0.15) is 5.10 Å². The highest BCUT2D eigenvalue weighted by Crippen LogP contribution is 2.25. The first kappa shape index (κ1) is 17.7. The Kier molecular flexibility index (Phi) is 5.02. The highest BCUT2D eigenvalue weighted by atomic mass is 16.5. The molecule has 6 nitrogen and oxygen atoms in total. The van der Waals surface area contributed by atoms with E-state index in [-0.39, 0.29) is 5.91 Å². The Hall–Kier alpha value is -3.15. The number of amides is 1. The Labute approximate surface area is 152 Å². The Morgan fingerprint density at radius 1 is 1.15 bits per heavy atom. The summed E-state index contributed by atoms with van der Waals surface area (Å²) in [6.45, 7) is 6.01. The third kappa shape index (κ3) is 3.59. The Balaban J connectivity index is 1.77. The molecule has 0 spiro atoms. The van der Waals surface area contributed by atoms with Gasteiger partial charge in [0.05, 0.1) is 11.3 Å². The van der Waals surface area contributed by atoms with E-state index in [1.54, 1.807) is 10.9 Å². The molecule has 0 saturated heterocycles. The van der Waals surface area contributed by atoms with Gasteiger partial charge < -0.3 is 10.1 Å². The van der Waals surface area contributed by atoms with Crippen molar-refractivity contribution in [1.82, 2.24) is 20.1 Å². The predicted octanol–water partition coefficient (Wildman–Crippen LogP) is 3.46. The van der Waals surface area contributed by atoms with Gasteiger partial charge >= 0.3 is 0 Å². The van der Waals surface area contributed by atoms with Crippen LogP contribution in [0.5, 0.6) is 11.6 Å². The predicted molar refractivity (Wildman–Crippen MR) is 99.3 cm³/mol. The highest BCUT2D eigenvalue weighted by Gasteiger charge is 2.17. The minimum atomic E-state index is -0.154. The van der Waals surface area contributed by atoms with Crippen LogP contribution in [0.4, 0.5) is 0 Å². The number of pyridine rings is 1. The molecular weight excluding hydrogens is 328 g/mol. The minimum absolute atomic E-state index is 0.154. The van der Waals surface area contributed by atoms with Crippen molar-refractivity contribution in [2.45, 2.75) is 27.3 Å². The van der Waals surface area contributed by atoms with Crippen molar-refractivity contribution < 1.29 is 9.53 Å². The average molecular weight is 350 g/mol. The summed E-state index contributed by atoms with van der Waals surface area (Å²) in [4.78, 5) is 16.9. The van der Waals surface area contributed by atoms with Crippen molar-refractivity contribution in [3.05, 3.63) is 70.7 Å². The van der Waals surface area contributed by atoms with Crippen LogP contribution in [0.25, 0.3) is 0 Å². The molecule has 26 heavy (non-hydrogen) atoms. The molecule has 2 heterocycles. The molecule has 0 saturated carbocycles. The molecule has 0 atom stereocenters. The maximum absolute atomic E-state index is 12.6. The van der Waals surface area contributed by atoms with Gasteiger partial charge in [-0.3, -0.25) is 9.48 Å². The van der Waals surface area contributed by atoms with Crippen molar-refractivity contribution in [3.63, 3.8) is 0 Å². The number of carbonyl (C=O) groups excluding carboxylic acids is 1. The molecule has 3 aromatic rings. The van der Waals surface area contributed by atoms with Gasteiger partial charge in [0.25, 0.3) is 5.91 Å². The van der Waals surface area contributed by atoms with Crippen molar-refractivity contribution in [2.24, 2.45) is 7.05 Å². The molecule has 0 radical (unpaired) electrons. The van der Waals surface area contributed by atoms with Gasteiger partial charge in [0.2, 0.25) is 5.88 Å². The second-order valence-electron chi connectivity index (χ2n) is 6.19. The first-order valence-electron chi connectivity index (χ1n) is 8.43. The molecule has 0 aliphatic heterocycles. The maximum Gasteiger partial charge on any atom is 0.255 e. The number of aryl methyl sites for hydroxylation is 3. The van der Waals surface area contributed by atoms with E-state index in [1.807, 2.05) is 64.2 Å². The van der Waals surface area contributed by atoms with Gasteiger partial charge in [0.1, 0.15) is 5.75 Å². The van der Waals surface area contributed by atoms with Gasteiger partial charge in [0, 0.05) is 31.0 Å². The number of para-hydroxylation sites is 1. The van der Waals surface area contributed by atoms with Crippen LogP contribution in [0.3, 0.4) is 0 Å². The van der Waals surface area contributed by atoms with Gasteiger partial charge in [-0.15, -0.1) is 0 Å². The summed E-state index contributed by atoms with van der Waals surface area (Å²) in [6, 6.07) is 11.5. The zero-order valence-corrected chi connectivity index (χ0v) is 15.4. The first-order valence-corrected chi connectivity index (χ1v) is 8.43. The lowest BCUT2D eigenvalue weighted by Gasteiger charge is -2.12. The number of carbonyl (C=O) groups is 1. The van der Waals surface area contributed by atoms with Crippen molar-refractivity contribution >= 4 is 5.91 Å². The molecule has 6 heteroatoms. The van der Waals surface area contributed by atoms with E-state index >= 15 is 0 Å². The van der Waals surface area contributed by atoms with Crippen LogP contribution < -0.4 is 10.1 Å². The number of rotatable bonds is 5. The van der Waals surface area contributed by atoms with Gasteiger partial charge in [-0.05, 0) is 38.5 Å². The van der Waals surface area contributed by atoms with E-state index in [2.05, 4.69) is 15.4 Å². The second-order valence-corrected chi connectivity index (χ2v) is 6.19. The quantitative estimate of drug-likeness (QED) is 0.765. The van der Waals surface area contributed by atoms with Crippen LogP contribution in [-0.2, 0) is 13.6 Å². The first-order chi connectivity index (χ1) is 12.5. The van der Waals surface area contributed by atoms with Crippen molar-refractivity contribution in [1.29, 1.82) is 0 Å². The SMILES string of the molecule is Cc1ccccc1Oc1ncccc1CNC(=O)c1c(C)nn(C)c1C. The molecule has 0 aliphatic rings. The lowest BCUT2D eigenvalue weighted by molar-refractivity contribution is 0.0949. The van der Waals surface area contributed by atoms with E-state index in [0.717, 1.165) is 22.6 Å². The molecule has 1 N–H and O–H groups in total. The number of hydrogen-bond acceptors (Lipinski definition) is 4. The Bertz CT molecular complexity index is 947. The lowest BCUT2D eigenvalue weighted by Crippen LogP contribution is -2.24. The molecule has 1 aromatic carbocycles. The number of hydrogen-bond donors (Lipinski definition) is 1. The maximum atomic E-state index is 12.6. The van der Waals surface area contributed by atoms with Crippen LogP contribution in [0, 0.1) is 20.8 Å². The molecule has 134 valence electrons. The third-order valence-corrected chi connectivity index (χ3v) is 4.33. The molecule has 0 aliphatic carbocycles. The highest BCUT2D eigenvalue weighted by molar-refractivity contribution is 5.96. The summed E-state index contributed by atoms with van der Waals surface area (Å²) in [5, 5.41) is 7.23. The molecule has 3 rings (SSSR count). The van der Waals surface area contributed by atoms with Gasteiger partial charge in [0.15, 0.2) is 0 Å². The topological polar surface area (TPSA) is 69.0 Å². The molecule has 0 unspecified atom stereocenters. The zero-order chi connectivity index (χ0) is 18.7. The van der Waals surface area contributed by atoms with Crippen LogP contribution in [0.15, 0.2) is 42.6 Å². The summed E-state index contributed by atoms with van der Waals surface area (Å²) >= 11 is 0. The molecule has 0 fully saturated rings. The fourth-order valence-electron chi connectivity index (χ4n) is 2.79. The molecule has 1 amide bonds. The van der Waals surface area contributed by atoms with E-state index in [9.17, 15) is 4.79 Å². The normalized spacial score (nSPS) is 10.6. The van der Waals surface area contributed by atoms with Gasteiger partial charge in [-0.25, -0.2) is 4.98 Å². The number of benzene rings is 1. The average Bonchev–Trinajstić information content (AvgIpc) is 2.88. The number of nitrogens with zero attached hydrogens (tertiary/aromatic N) is 3. The van der Waals surface area contributed by atoms with E-state index in [4.69, 9.17) is 4.74 Å². The summed E-state index contributed by atoms with van der Waals surface area (Å²) in [6.07, 6.45) is 1.67. The van der Waals surface area contributed by atoms with Crippen LogP contribution in [0.1, 0.15) is 32.9 Å². The number of aromatic nitrogens is 3. The van der Waals surface area contributed by atoms with Gasteiger partial charge in [-0.1, -0.05) is 24.3 Å². The molecular formula is C20H22N4O2. The van der Waals surface area contributed by atoms with Crippen LogP contribution >= 0.6 is 0 Å². The van der Waals surface area contributed by atoms with Crippen molar-refractivity contribution in [2.75, 3.05) is 0 Å². The minimum Gasteiger partial charge on any atom is -0.438 e. The van der Waals surface area contributed by atoms with Crippen LogP contribution in [0.2, 0.25) is 0 Å². The standard InChI is InChI=1S/C20H22N4O2/c1-13-8-5-6-10-17(13)26-20-16(9-7-11-21-20)12-22-19(25)18-14(2)23-24(4)15(18)3/h5-11H,12H2,1-4H3,(H,22,25). The Morgan fingerprint density at radius 2 is 1.92 bits per heavy atom. The zero-order valence-electron chi connectivity index (χ0n) is 15.4. The Morgan fingerprint density at radius 3 is 2.62 bits per heavy atom. The summed E-state index contributed by atoms with van der Waals surface area (Å²) in [5.74, 6) is 1.08. The summed E-state index contributed by atoms with van der Waals surface area (Å²) < 4.78 is 7.66. The second kappa shape index (κ2) is 7.39. The largest absolute Gasteiger partial charge is 0.438 e. The van der Waals surface area contributed by atoms with Crippen LogP contribution in [-0.4, -0.2) is 20.7 Å². The summed E-state index contributed by atoms with van der Waals surface area (Å²) in [7, 11) is 1.83. The van der Waals surface area contributed by atoms with E-state index in [0.29, 0.717) is 23.7 Å². The fourth-order valence-corrected chi connectivity index (χ4v) is 2.79. The van der Waals surface area contributed by atoms with E-state index < -0.39 is 0 Å². The third-order valence-electron chi connectivity index (χ3n) is 4.33. The lowest BCUT2D eigenvalue weighted by atomic mass is 10.1.